The second-order valence-electron chi connectivity index (χ2n) is 11.7. The Morgan fingerprint density at radius 2 is 1.73 bits per heavy atom. The number of aromatic nitrogens is 2. The number of H-pyrrole nitrogens is 1. The quantitative estimate of drug-likeness (QED) is 0.253. The number of rotatable bonds is 8. The van der Waals surface area contributed by atoms with E-state index in [-0.39, 0.29) is 25.1 Å². The van der Waals surface area contributed by atoms with Crippen molar-refractivity contribution < 1.29 is 26.4 Å². The van der Waals surface area contributed by atoms with Crippen molar-refractivity contribution >= 4 is 38.4 Å². The lowest BCUT2D eigenvalue weighted by atomic mass is 9.99. The van der Waals surface area contributed by atoms with Crippen molar-refractivity contribution in [3.8, 4) is 11.1 Å². The molecule has 2 aromatic heterocycles. The molecule has 45 heavy (non-hydrogen) atoms. The summed E-state index contributed by atoms with van der Waals surface area (Å²) in [5.41, 5.74) is 1.50. The van der Waals surface area contributed by atoms with Gasteiger partial charge >= 0.3 is 10.2 Å². The molecule has 10 nitrogen and oxygen atoms in total. The smallest absolute Gasteiger partial charge is 0.301 e. The molecular weight excluding hydrogens is 607 g/mol. The normalized spacial score (nSPS) is 20.1. The Morgan fingerprint density at radius 1 is 0.978 bits per heavy atom. The minimum atomic E-state index is -4.32. The highest BCUT2D eigenvalue weighted by molar-refractivity contribution is 7.90. The van der Waals surface area contributed by atoms with E-state index < -0.39 is 45.0 Å². The first-order valence-electron chi connectivity index (χ1n) is 14.9. The minimum absolute atomic E-state index is 0.0203. The average Bonchev–Trinajstić information content (AvgIpc) is 3.65. The monoisotopic (exact) mass is 639 g/mol. The lowest BCUT2D eigenvalue weighted by Crippen LogP contribution is -2.61. The van der Waals surface area contributed by atoms with Crippen molar-refractivity contribution in [3.63, 3.8) is 0 Å². The van der Waals surface area contributed by atoms with Gasteiger partial charge in [-0.3, -0.25) is 14.4 Å². The van der Waals surface area contributed by atoms with Gasteiger partial charge in [-0.15, -0.1) is 0 Å². The molecule has 4 aromatic rings. The zero-order valence-electron chi connectivity index (χ0n) is 24.3. The number of piperazine rings is 1. The Balaban J connectivity index is 1.12. The molecule has 0 saturated carbocycles. The number of pyridine rings is 1. The van der Waals surface area contributed by atoms with Gasteiger partial charge in [-0.25, -0.2) is 18.2 Å². The molecule has 2 aromatic carbocycles. The van der Waals surface area contributed by atoms with Gasteiger partial charge < -0.3 is 15.2 Å². The second-order valence-corrected chi connectivity index (χ2v) is 13.3. The molecule has 236 valence electrons. The number of halogens is 3. The summed E-state index contributed by atoms with van der Waals surface area (Å²) in [4.78, 5) is 25.7. The number of fused-ring (bicyclic) bond motifs is 1. The van der Waals surface area contributed by atoms with Crippen LogP contribution in [0.1, 0.15) is 22.3 Å². The van der Waals surface area contributed by atoms with Crippen LogP contribution < -0.4 is 14.9 Å². The molecular formula is C31H32F3N7O3S. The molecule has 0 aliphatic carbocycles. The van der Waals surface area contributed by atoms with Crippen LogP contribution in [0.2, 0.25) is 0 Å². The van der Waals surface area contributed by atoms with E-state index >= 15 is 4.39 Å². The van der Waals surface area contributed by atoms with E-state index in [0.717, 1.165) is 67.0 Å². The molecule has 0 radical (unpaired) electrons. The van der Waals surface area contributed by atoms with Crippen molar-refractivity contribution in [2.75, 3.05) is 62.0 Å². The fraction of sp³-hybridized carbons (Fsp3) is 0.355. The molecule has 14 heteroatoms. The molecule has 3 N–H and O–H groups in total. The third-order valence-electron chi connectivity index (χ3n) is 8.92. The molecule has 1 atom stereocenters. The second kappa shape index (κ2) is 11.7. The predicted octanol–water partition coefficient (Wildman–Crippen LogP) is 3.53. The van der Waals surface area contributed by atoms with Gasteiger partial charge in [-0.05, 0) is 42.3 Å². The van der Waals surface area contributed by atoms with E-state index in [1.165, 1.54) is 6.20 Å². The molecule has 7 rings (SSSR count). The highest BCUT2D eigenvalue weighted by atomic mass is 32.2. The first-order valence-corrected chi connectivity index (χ1v) is 16.3. The summed E-state index contributed by atoms with van der Waals surface area (Å²) in [6.07, 6.45) is 1.68. The highest BCUT2D eigenvalue weighted by Crippen LogP contribution is 2.31. The summed E-state index contributed by atoms with van der Waals surface area (Å²) in [6, 6.07) is 12.2. The summed E-state index contributed by atoms with van der Waals surface area (Å²) < 4.78 is 72.4. The number of anilines is 2. The first-order chi connectivity index (χ1) is 21.7. The maximum atomic E-state index is 15.6. The zero-order chi connectivity index (χ0) is 31.3. The van der Waals surface area contributed by atoms with Gasteiger partial charge in [0.05, 0.1) is 11.3 Å². The molecule has 3 aliphatic rings. The minimum Gasteiger partial charge on any atom is -0.369 e. The zero-order valence-corrected chi connectivity index (χ0v) is 25.1. The maximum Gasteiger partial charge on any atom is 0.301 e. The van der Waals surface area contributed by atoms with Crippen molar-refractivity contribution in [3.05, 3.63) is 77.6 Å². The van der Waals surface area contributed by atoms with Crippen LogP contribution >= 0.6 is 0 Å². The molecule has 3 saturated heterocycles. The van der Waals surface area contributed by atoms with E-state index in [9.17, 15) is 22.0 Å². The molecule has 0 spiro atoms. The van der Waals surface area contributed by atoms with Crippen LogP contribution in [0, 0.1) is 11.6 Å². The highest BCUT2D eigenvalue weighted by Gasteiger charge is 2.33. The van der Waals surface area contributed by atoms with Gasteiger partial charge in [-0.2, -0.15) is 12.7 Å². The number of carbonyl (C=O) groups is 1. The Labute approximate surface area is 258 Å². The Morgan fingerprint density at radius 3 is 2.40 bits per heavy atom. The third-order valence-corrected chi connectivity index (χ3v) is 10.4. The fourth-order valence-corrected chi connectivity index (χ4v) is 7.44. The number of hydrogen-bond acceptors (Lipinski definition) is 7. The van der Waals surface area contributed by atoms with Crippen LogP contribution in [0.15, 0.2) is 54.9 Å². The number of benzene rings is 2. The van der Waals surface area contributed by atoms with Crippen LogP contribution in [0.25, 0.3) is 22.2 Å². The number of ketones is 1. The van der Waals surface area contributed by atoms with Gasteiger partial charge in [0.1, 0.15) is 17.6 Å². The fourth-order valence-electron chi connectivity index (χ4n) is 6.17. The van der Waals surface area contributed by atoms with E-state index in [1.54, 1.807) is 12.3 Å². The van der Waals surface area contributed by atoms with E-state index in [2.05, 4.69) is 37.2 Å². The topological polar surface area (TPSA) is 114 Å². The number of carbonyl (C=O) groups excluding carboxylic acids is 1. The van der Waals surface area contributed by atoms with Crippen LogP contribution in [0.4, 0.5) is 24.5 Å². The summed E-state index contributed by atoms with van der Waals surface area (Å²) >= 11 is 0. The summed E-state index contributed by atoms with van der Waals surface area (Å²) in [7, 11) is -4.32. The van der Waals surface area contributed by atoms with Gasteiger partial charge in [-0.1, -0.05) is 12.1 Å². The standard InChI is InChI=1S/C31H32F3N7O3S/c32-21-7-8-41(18-21)45(43,44)38-27-6-5-26(33)28(29(27)34)30(42)25-17-37-31-24(25)13-20(14-36-31)19-1-3-22(4-2-19)39-9-11-40(12-10-39)23-15-35-16-23/h1-6,13-14,17,21,23,35,38H,7-12,15-16,18H2,(H,36,37)/t21-/m1/s1. The molecule has 3 aliphatic heterocycles. The number of aromatic amines is 1. The van der Waals surface area contributed by atoms with Gasteiger partial charge in [0.15, 0.2) is 5.82 Å². The molecule has 5 heterocycles. The number of hydrogen-bond donors (Lipinski definition) is 3. The lowest BCUT2D eigenvalue weighted by molar-refractivity contribution is 0.103. The predicted molar refractivity (Wildman–Crippen MR) is 165 cm³/mol. The van der Waals surface area contributed by atoms with Crippen LogP contribution in [0.3, 0.4) is 0 Å². The van der Waals surface area contributed by atoms with Gasteiger partial charge in [0.25, 0.3) is 0 Å². The summed E-state index contributed by atoms with van der Waals surface area (Å²) in [5, 5.41) is 3.69. The summed E-state index contributed by atoms with van der Waals surface area (Å²) in [6.45, 7) is 5.61. The largest absolute Gasteiger partial charge is 0.369 e. The van der Waals surface area contributed by atoms with Crippen molar-refractivity contribution in [1.82, 2.24) is 24.5 Å². The Hall–Kier alpha value is -3.98. The van der Waals surface area contributed by atoms with Crippen molar-refractivity contribution in [2.24, 2.45) is 0 Å². The average molecular weight is 640 g/mol. The summed E-state index contributed by atoms with van der Waals surface area (Å²) in [5.74, 6) is -3.49. The Bertz CT molecular complexity index is 1860. The Kier molecular flexibility index (Phi) is 7.76. The van der Waals surface area contributed by atoms with E-state index in [1.807, 2.05) is 16.9 Å². The third kappa shape index (κ3) is 5.67. The van der Waals surface area contributed by atoms with Crippen LogP contribution in [0.5, 0.6) is 0 Å². The SMILES string of the molecule is O=C(c1c(F)ccc(NS(=O)(=O)N2CC[C@@H](F)C2)c1F)c1c[nH]c2ncc(-c3ccc(N4CCN(C5CNC5)CC4)cc3)cc12. The molecule has 0 unspecified atom stereocenters. The van der Waals surface area contributed by atoms with Crippen molar-refractivity contribution in [1.29, 1.82) is 0 Å². The molecule has 0 bridgehead atoms. The van der Waals surface area contributed by atoms with E-state index in [4.69, 9.17) is 0 Å². The van der Waals surface area contributed by atoms with Gasteiger partial charge in [0.2, 0.25) is 5.78 Å². The lowest BCUT2D eigenvalue weighted by Gasteiger charge is -2.43. The maximum absolute atomic E-state index is 15.6. The van der Waals surface area contributed by atoms with Crippen LogP contribution in [-0.2, 0) is 10.2 Å². The number of nitrogens with one attached hydrogen (secondary N) is 3. The number of nitrogens with zero attached hydrogens (tertiary/aromatic N) is 4. The van der Waals surface area contributed by atoms with Crippen molar-refractivity contribution in [2.45, 2.75) is 18.6 Å². The number of alkyl halides is 1. The first kappa shape index (κ1) is 29.7. The molecule has 3 fully saturated rings. The molecule has 0 amide bonds. The van der Waals surface area contributed by atoms with Gasteiger partial charge in [0, 0.05) is 93.0 Å². The van der Waals surface area contributed by atoms with Crippen LogP contribution in [-0.4, -0.2) is 97.9 Å². The van der Waals surface area contributed by atoms with E-state index in [0.29, 0.717) is 22.6 Å².